The van der Waals surface area contributed by atoms with Crippen molar-refractivity contribution in [2.75, 3.05) is 13.2 Å². The molecule has 0 aliphatic carbocycles. The summed E-state index contributed by atoms with van der Waals surface area (Å²) in [6.45, 7) is 13.9. The molecule has 0 radical (unpaired) electrons. The molecule has 0 unspecified atom stereocenters. The number of ether oxygens (including phenoxy) is 4. The van der Waals surface area contributed by atoms with E-state index in [-0.39, 0.29) is 43.9 Å². The molecule has 0 aromatic carbocycles. The Balaban J connectivity index is 1.71. The SMILES string of the molecule is C=C(CCC(C)C)COC(=O)[C@H](O)C/C=C/C[C@@H]1O[C@@H]2/C=C\C/C=C\C(C)=C/[C@H]3O[C@@H](C/C=C\C=C/C(=O)O[C@H](C2)[C@@]1(C)CO)C[C@H](O)[C@H]3C. The average molecular weight is 697 g/mol. The summed E-state index contributed by atoms with van der Waals surface area (Å²) in [5.41, 5.74) is 0.954. The van der Waals surface area contributed by atoms with Gasteiger partial charge in [-0.25, -0.2) is 9.59 Å². The van der Waals surface area contributed by atoms with Crippen LogP contribution in [0.15, 0.2) is 84.6 Å². The lowest BCUT2D eigenvalue weighted by molar-refractivity contribution is -0.198. The molecule has 3 rings (SSSR count). The third kappa shape index (κ3) is 13.2. The van der Waals surface area contributed by atoms with Gasteiger partial charge in [0.2, 0.25) is 0 Å². The molecule has 0 aromatic rings. The summed E-state index contributed by atoms with van der Waals surface area (Å²) in [5.74, 6) is -0.720. The first-order valence-corrected chi connectivity index (χ1v) is 18.1. The average Bonchev–Trinajstić information content (AvgIpc) is 3.07. The molecule has 9 nitrogen and oxygen atoms in total. The van der Waals surface area contributed by atoms with E-state index < -0.39 is 41.8 Å². The molecule has 0 saturated carbocycles. The molecule has 9 atom stereocenters. The Hall–Kier alpha value is -3.08. The van der Waals surface area contributed by atoms with Gasteiger partial charge in [-0.15, -0.1) is 0 Å². The largest absolute Gasteiger partial charge is 0.459 e. The van der Waals surface area contributed by atoms with Gasteiger partial charge in [-0.05, 0) is 50.5 Å². The summed E-state index contributed by atoms with van der Waals surface area (Å²) in [5, 5.41) is 31.6. The van der Waals surface area contributed by atoms with Gasteiger partial charge in [-0.1, -0.05) is 101 Å². The monoisotopic (exact) mass is 696 g/mol. The van der Waals surface area contributed by atoms with Crippen LogP contribution in [-0.2, 0) is 28.5 Å². The highest BCUT2D eigenvalue weighted by Crippen LogP contribution is 2.41. The van der Waals surface area contributed by atoms with Gasteiger partial charge in [0.05, 0.1) is 42.5 Å². The predicted octanol–water partition coefficient (Wildman–Crippen LogP) is 6.41. The molecule has 4 bridgehead atoms. The fourth-order valence-electron chi connectivity index (χ4n) is 6.27. The first kappa shape index (κ1) is 41.3. The van der Waals surface area contributed by atoms with Crippen LogP contribution in [0, 0.1) is 17.3 Å². The molecule has 0 spiro atoms. The Kier molecular flexibility index (Phi) is 17.1. The normalized spacial score (nSPS) is 35.3. The number of fused-ring (bicyclic) bond motifs is 4. The van der Waals surface area contributed by atoms with E-state index in [1.165, 1.54) is 6.08 Å². The second-order valence-corrected chi connectivity index (χ2v) is 14.6. The quantitative estimate of drug-likeness (QED) is 0.166. The lowest BCUT2D eigenvalue weighted by Crippen LogP contribution is -2.55. The summed E-state index contributed by atoms with van der Waals surface area (Å²) in [4.78, 5) is 25.3. The van der Waals surface area contributed by atoms with Gasteiger partial charge in [0.1, 0.15) is 12.7 Å². The Morgan fingerprint density at radius 1 is 1.14 bits per heavy atom. The highest BCUT2D eigenvalue weighted by molar-refractivity contribution is 5.82. The number of allylic oxidation sites excluding steroid dienone is 6. The fourth-order valence-corrected chi connectivity index (χ4v) is 6.27. The summed E-state index contributed by atoms with van der Waals surface area (Å²) in [6.07, 6.45) is 21.0. The summed E-state index contributed by atoms with van der Waals surface area (Å²) < 4.78 is 23.9. The molecule has 2 saturated heterocycles. The van der Waals surface area contributed by atoms with Crippen LogP contribution in [0.3, 0.4) is 0 Å². The minimum Gasteiger partial charge on any atom is -0.459 e. The van der Waals surface area contributed by atoms with E-state index in [0.717, 1.165) is 24.0 Å². The number of carbonyl (C=O) groups is 2. The van der Waals surface area contributed by atoms with Crippen LogP contribution in [-0.4, -0.2) is 83.2 Å². The molecular formula is C41H60O9. The van der Waals surface area contributed by atoms with E-state index >= 15 is 0 Å². The maximum atomic E-state index is 13.0. The van der Waals surface area contributed by atoms with E-state index in [9.17, 15) is 24.9 Å². The Morgan fingerprint density at radius 3 is 2.66 bits per heavy atom. The van der Waals surface area contributed by atoms with Gasteiger partial charge in [-0.2, -0.15) is 0 Å². The van der Waals surface area contributed by atoms with E-state index in [1.54, 1.807) is 18.2 Å². The van der Waals surface area contributed by atoms with Crippen LogP contribution in [0.1, 0.15) is 86.0 Å². The van der Waals surface area contributed by atoms with E-state index in [0.29, 0.717) is 38.0 Å². The first-order valence-electron chi connectivity index (χ1n) is 18.1. The van der Waals surface area contributed by atoms with Gasteiger partial charge in [0.15, 0.2) is 6.10 Å². The van der Waals surface area contributed by atoms with Crippen molar-refractivity contribution >= 4 is 11.9 Å². The van der Waals surface area contributed by atoms with E-state index in [4.69, 9.17) is 18.9 Å². The third-order valence-corrected chi connectivity index (χ3v) is 9.79. The Bertz CT molecular complexity index is 1290. The minimum atomic E-state index is -1.31. The zero-order chi connectivity index (χ0) is 36.7. The second kappa shape index (κ2) is 20.7. The fraction of sp³-hybridized carbons (Fsp3) is 0.610. The maximum Gasteiger partial charge on any atom is 0.335 e. The topological polar surface area (TPSA) is 132 Å². The number of hydrogen-bond acceptors (Lipinski definition) is 9. The zero-order valence-corrected chi connectivity index (χ0v) is 30.6. The molecule has 278 valence electrons. The molecule has 3 N–H and O–H groups in total. The number of hydrogen-bond donors (Lipinski definition) is 3. The van der Waals surface area contributed by atoms with Crippen molar-refractivity contribution < 1.29 is 43.9 Å². The lowest BCUT2D eigenvalue weighted by Gasteiger charge is -2.47. The first-order chi connectivity index (χ1) is 23.8. The van der Waals surface area contributed by atoms with Crippen LogP contribution in [0.5, 0.6) is 0 Å². The molecule has 0 aromatic heterocycles. The highest BCUT2D eigenvalue weighted by Gasteiger charge is 2.49. The molecule has 2 fully saturated rings. The van der Waals surface area contributed by atoms with Gasteiger partial charge in [-0.3, -0.25) is 0 Å². The van der Waals surface area contributed by atoms with Gasteiger partial charge >= 0.3 is 11.9 Å². The molecule has 9 heteroatoms. The van der Waals surface area contributed by atoms with Crippen molar-refractivity contribution in [1.82, 2.24) is 0 Å². The Labute approximate surface area is 299 Å². The van der Waals surface area contributed by atoms with Crippen molar-refractivity contribution in [3.8, 4) is 0 Å². The molecular weight excluding hydrogens is 636 g/mol. The molecule has 3 aliphatic heterocycles. The van der Waals surface area contributed by atoms with E-state index in [1.807, 2.05) is 57.2 Å². The number of aliphatic hydroxyl groups is 3. The number of carbonyl (C=O) groups excluding carboxylic acids is 2. The van der Waals surface area contributed by atoms with Gasteiger partial charge < -0.3 is 34.3 Å². The number of aliphatic hydroxyl groups excluding tert-OH is 3. The Morgan fingerprint density at radius 2 is 1.92 bits per heavy atom. The molecule has 3 aliphatic rings. The molecule has 3 heterocycles. The maximum absolute atomic E-state index is 13.0. The van der Waals surface area contributed by atoms with Crippen molar-refractivity contribution in [2.45, 2.75) is 129 Å². The van der Waals surface area contributed by atoms with Crippen LogP contribution in [0.2, 0.25) is 0 Å². The van der Waals surface area contributed by atoms with Gasteiger partial charge in [0.25, 0.3) is 0 Å². The molecule has 50 heavy (non-hydrogen) atoms. The summed E-state index contributed by atoms with van der Waals surface area (Å²) >= 11 is 0. The van der Waals surface area contributed by atoms with Gasteiger partial charge in [0, 0.05) is 31.3 Å². The van der Waals surface area contributed by atoms with Crippen LogP contribution in [0.25, 0.3) is 0 Å². The third-order valence-electron chi connectivity index (χ3n) is 9.79. The van der Waals surface area contributed by atoms with Crippen molar-refractivity contribution in [3.05, 3.63) is 84.6 Å². The molecule has 0 amide bonds. The zero-order valence-electron chi connectivity index (χ0n) is 30.6. The van der Waals surface area contributed by atoms with Crippen molar-refractivity contribution in [3.63, 3.8) is 0 Å². The van der Waals surface area contributed by atoms with Crippen LogP contribution in [0.4, 0.5) is 0 Å². The standard InChI is InChI=1S/C41H60O9/c1-28(2)21-22-30(4)26-47-40(46)34(43)18-13-14-19-37-41(6,27-42)38-25-33(49-37)17-10-7-9-15-29(3)23-36-31(5)35(44)24-32(48-36)16-11-8-12-20-39(45)50-38/h8-15,17,20,23,28,31-38,42-44H,4,7,16,18-19,21-22,24-27H2,1-3,5-6H3/b11-8-,14-13+,15-9-,17-10-,20-12-,29-23-/t31-,32+,33-,34-,35+,36-,37+,38-,41+/m1/s1. The smallest absolute Gasteiger partial charge is 0.335 e. The van der Waals surface area contributed by atoms with Crippen LogP contribution < -0.4 is 0 Å². The van der Waals surface area contributed by atoms with Crippen molar-refractivity contribution in [2.24, 2.45) is 17.3 Å². The van der Waals surface area contributed by atoms with E-state index in [2.05, 4.69) is 26.5 Å². The highest BCUT2D eigenvalue weighted by atomic mass is 16.6. The van der Waals surface area contributed by atoms with Crippen molar-refractivity contribution in [1.29, 1.82) is 0 Å². The predicted molar refractivity (Wildman–Crippen MR) is 195 cm³/mol. The minimum absolute atomic E-state index is 0.0218. The lowest BCUT2D eigenvalue weighted by atomic mass is 9.73. The second-order valence-electron chi connectivity index (χ2n) is 14.6. The van der Waals surface area contributed by atoms with Crippen LogP contribution >= 0.6 is 0 Å². The summed E-state index contributed by atoms with van der Waals surface area (Å²) in [6, 6.07) is 0. The number of rotatable bonds is 11. The number of esters is 2. The summed E-state index contributed by atoms with van der Waals surface area (Å²) in [7, 11) is 0.